The van der Waals surface area contributed by atoms with Crippen LogP contribution in [0.4, 0.5) is 0 Å². The Morgan fingerprint density at radius 1 is 1.26 bits per heavy atom. The van der Waals surface area contributed by atoms with Crippen LogP contribution in [0, 0.1) is 0 Å². The van der Waals surface area contributed by atoms with Crippen molar-refractivity contribution >= 4 is 22.1 Å². The summed E-state index contributed by atoms with van der Waals surface area (Å²) in [5, 5.41) is 0.389. The van der Waals surface area contributed by atoms with Crippen LogP contribution in [0.15, 0.2) is 38.3 Å². The second-order valence-corrected chi connectivity index (χ2v) is 5.34. The smallest absolute Gasteiger partial charge is 0.268 e. The highest BCUT2D eigenvalue weighted by Gasteiger charge is 2.17. The first-order valence-corrected chi connectivity index (χ1v) is 7.61. The van der Waals surface area contributed by atoms with Crippen molar-refractivity contribution in [3.8, 4) is 0 Å². The Bertz CT molecular complexity index is 972. The fourth-order valence-corrected chi connectivity index (χ4v) is 2.65. The Morgan fingerprint density at radius 3 is 2.78 bits per heavy atom. The van der Waals surface area contributed by atoms with Gasteiger partial charge in [-0.05, 0) is 18.6 Å². The first-order chi connectivity index (χ1) is 11.2. The molecule has 0 aliphatic rings. The highest BCUT2D eigenvalue weighted by atomic mass is 16.5. The number of hydrogen-bond donors (Lipinski definition) is 0. The van der Waals surface area contributed by atoms with Crippen molar-refractivity contribution in [2.75, 3.05) is 13.7 Å². The number of fused-ring (bicyclic) bond motifs is 2. The van der Waals surface area contributed by atoms with Gasteiger partial charge in [0.25, 0.3) is 5.56 Å². The maximum Gasteiger partial charge on any atom is 0.268 e. The first-order valence-electron chi connectivity index (χ1n) is 7.61. The molecule has 0 unspecified atom stereocenters. The molecule has 6 nitrogen and oxygen atoms in total. The maximum atomic E-state index is 12.8. The summed E-state index contributed by atoms with van der Waals surface area (Å²) >= 11 is 0. The van der Waals surface area contributed by atoms with Crippen molar-refractivity contribution in [1.82, 2.24) is 9.55 Å². The molecule has 120 valence electrons. The van der Waals surface area contributed by atoms with Crippen LogP contribution in [0.5, 0.6) is 0 Å². The van der Waals surface area contributed by atoms with Gasteiger partial charge in [0.05, 0.1) is 18.5 Å². The Labute approximate surface area is 132 Å². The van der Waals surface area contributed by atoms with E-state index in [1.807, 2.05) is 6.92 Å². The molecule has 0 aliphatic carbocycles. The molecule has 0 saturated carbocycles. The van der Waals surface area contributed by atoms with Crippen LogP contribution in [0.3, 0.4) is 0 Å². The van der Waals surface area contributed by atoms with Crippen LogP contribution in [-0.2, 0) is 17.7 Å². The van der Waals surface area contributed by atoms with E-state index in [2.05, 4.69) is 4.98 Å². The molecule has 0 N–H and O–H groups in total. The van der Waals surface area contributed by atoms with Crippen LogP contribution in [0.25, 0.3) is 22.1 Å². The lowest BCUT2D eigenvalue weighted by atomic mass is 10.2. The summed E-state index contributed by atoms with van der Waals surface area (Å²) in [6, 6.07) is 6.88. The highest BCUT2D eigenvalue weighted by molar-refractivity contribution is 5.87. The average Bonchev–Trinajstić information content (AvgIpc) is 2.55. The summed E-state index contributed by atoms with van der Waals surface area (Å²) in [7, 11) is 1.57. The fraction of sp³-hybridized carbons (Fsp3) is 0.353. The summed E-state index contributed by atoms with van der Waals surface area (Å²) in [5.41, 5.74) is -0.159. The van der Waals surface area contributed by atoms with Crippen molar-refractivity contribution in [2.24, 2.45) is 0 Å². The largest absolute Gasteiger partial charge is 0.437 e. The van der Waals surface area contributed by atoms with E-state index in [0.29, 0.717) is 36.4 Å². The predicted octanol–water partition coefficient (Wildman–Crippen LogP) is 2.10. The number of rotatable bonds is 5. The quantitative estimate of drug-likeness (QED) is 0.674. The van der Waals surface area contributed by atoms with Gasteiger partial charge in [0.1, 0.15) is 11.4 Å². The molecule has 3 aromatic rings. The third-order valence-corrected chi connectivity index (χ3v) is 3.77. The minimum Gasteiger partial charge on any atom is -0.437 e. The van der Waals surface area contributed by atoms with E-state index in [0.717, 1.165) is 6.42 Å². The van der Waals surface area contributed by atoms with E-state index >= 15 is 0 Å². The standard InChI is InChI=1S/C17H18N2O4/c1-3-6-13-18-16-14(17(21)19(13)9-10-22-2)15(20)11-7-4-5-8-12(11)23-16/h4-5,7-8H,3,6,9-10H2,1-2H3. The number of benzene rings is 1. The first kappa shape index (κ1) is 15.4. The zero-order valence-corrected chi connectivity index (χ0v) is 13.2. The van der Waals surface area contributed by atoms with Crippen molar-refractivity contribution in [3.05, 3.63) is 50.7 Å². The minimum absolute atomic E-state index is 0.000318. The van der Waals surface area contributed by atoms with Gasteiger partial charge in [-0.15, -0.1) is 0 Å². The summed E-state index contributed by atoms with van der Waals surface area (Å²) < 4.78 is 12.3. The summed E-state index contributed by atoms with van der Waals surface area (Å²) in [5.74, 6) is 0.612. The Morgan fingerprint density at radius 2 is 2.04 bits per heavy atom. The number of aromatic nitrogens is 2. The molecule has 0 fully saturated rings. The van der Waals surface area contributed by atoms with Gasteiger partial charge in [-0.1, -0.05) is 19.1 Å². The molecule has 0 amide bonds. The lowest BCUT2D eigenvalue weighted by Crippen LogP contribution is -2.30. The van der Waals surface area contributed by atoms with Gasteiger partial charge in [-0.3, -0.25) is 14.2 Å². The van der Waals surface area contributed by atoms with Crippen molar-refractivity contribution in [2.45, 2.75) is 26.3 Å². The number of para-hydroxylation sites is 1. The molecule has 6 heteroatoms. The third-order valence-electron chi connectivity index (χ3n) is 3.77. The number of hydrogen-bond acceptors (Lipinski definition) is 5. The number of ether oxygens (including phenoxy) is 1. The highest BCUT2D eigenvalue weighted by Crippen LogP contribution is 2.15. The van der Waals surface area contributed by atoms with E-state index in [4.69, 9.17) is 9.15 Å². The Balaban J connectivity index is 2.38. The Hall–Kier alpha value is -2.47. The lowest BCUT2D eigenvalue weighted by molar-refractivity contribution is 0.185. The second kappa shape index (κ2) is 6.34. The molecule has 0 spiro atoms. The topological polar surface area (TPSA) is 74.3 Å². The van der Waals surface area contributed by atoms with Crippen molar-refractivity contribution in [1.29, 1.82) is 0 Å². The summed E-state index contributed by atoms with van der Waals surface area (Å²) in [4.78, 5) is 29.9. The van der Waals surface area contributed by atoms with Crippen LogP contribution in [-0.4, -0.2) is 23.3 Å². The molecule has 3 rings (SSSR count). The molecule has 0 aliphatic heterocycles. The molecule has 0 radical (unpaired) electrons. The maximum absolute atomic E-state index is 12.8. The average molecular weight is 314 g/mol. The zero-order valence-electron chi connectivity index (χ0n) is 13.2. The molecule has 2 heterocycles. The van der Waals surface area contributed by atoms with Gasteiger partial charge in [0.2, 0.25) is 11.1 Å². The minimum atomic E-state index is -0.366. The van der Waals surface area contributed by atoms with Crippen molar-refractivity contribution in [3.63, 3.8) is 0 Å². The summed E-state index contributed by atoms with van der Waals surface area (Å²) in [6.45, 7) is 2.75. The predicted molar refractivity (Wildman–Crippen MR) is 87.9 cm³/mol. The van der Waals surface area contributed by atoms with Crippen LogP contribution >= 0.6 is 0 Å². The SMILES string of the molecule is CCCc1nc2oc3ccccc3c(=O)c2c(=O)n1CCOC. The molecule has 0 bridgehead atoms. The monoisotopic (exact) mass is 314 g/mol. The normalized spacial score (nSPS) is 11.4. The molecule has 23 heavy (non-hydrogen) atoms. The van der Waals surface area contributed by atoms with Crippen LogP contribution in [0.1, 0.15) is 19.2 Å². The van der Waals surface area contributed by atoms with Gasteiger partial charge < -0.3 is 9.15 Å². The van der Waals surface area contributed by atoms with E-state index < -0.39 is 0 Å². The molecule has 0 saturated heterocycles. The third kappa shape index (κ3) is 2.66. The lowest BCUT2D eigenvalue weighted by Gasteiger charge is -2.12. The number of aryl methyl sites for hydroxylation is 1. The van der Waals surface area contributed by atoms with Gasteiger partial charge in [0.15, 0.2) is 5.39 Å². The van der Waals surface area contributed by atoms with Gasteiger partial charge in [-0.2, -0.15) is 4.98 Å². The fourth-order valence-electron chi connectivity index (χ4n) is 2.65. The van der Waals surface area contributed by atoms with Gasteiger partial charge >= 0.3 is 0 Å². The number of methoxy groups -OCH3 is 1. The molecular formula is C17H18N2O4. The molecule has 2 aromatic heterocycles. The Kier molecular flexibility index (Phi) is 4.25. The second-order valence-electron chi connectivity index (χ2n) is 5.34. The van der Waals surface area contributed by atoms with Gasteiger partial charge in [-0.25, -0.2) is 0 Å². The van der Waals surface area contributed by atoms with Crippen LogP contribution in [0.2, 0.25) is 0 Å². The molecule has 0 atom stereocenters. The number of nitrogens with zero attached hydrogens (tertiary/aromatic N) is 2. The van der Waals surface area contributed by atoms with E-state index in [9.17, 15) is 9.59 Å². The zero-order chi connectivity index (χ0) is 16.4. The van der Waals surface area contributed by atoms with Crippen LogP contribution < -0.4 is 11.0 Å². The van der Waals surface area contributed by atoms with E-state index in [1.54, 1.807) is 31.4 Å². The van der Waals surface area contributed by atoms with E-state index in [1.165, 1.54) is 4.57 Å². The van der Waals surface area contributed by atoms with E-state index in [-0.39, 0.29) is 22.1 Å². The van der Waals surface area contributed by atoms with Gasteiger partial charge in [0, 0.05) is 13.5 Å². The molecular weight excluding hydrogens is 296 g/mol. The molecule has 1 aromatic carbocycles. The summed E-state index contributed by atoms with van der Waals surface area (Å²) in [6.07, 6.45) is 1.47. The van der Waals surface area contributed by atoms with Crippen molar-refractivity contribution < 1.29 is 9.15 Å².